The molecule has 78 valence electrons. The van der Waals surface area contributed by atoms with E-state index in [1.807, 2.05) is 0 Å². The molecule has 5 heteroatoms. The van der Waals surface area contributed by atoms with Gasteiger partial charge in [0.25, 0.3) is 0 Å². The van der Waals surface area contributed by atoms with Crippen LogP contribution in [0.15, 0.2) is 16.8 Å². The summed E-state index contributed by atoms with van der Waals surface area (Å²) in [5.41, 5.74) is 0.481. The molecule has 0 rings (SSSR count). The Labute approximate surface area is 82.9 Å². The number of alkyl carbamates (subject to hydrolysis) is 1. The molecule has 0 atom stereocenters. The SMILES string of the molecule is CCOC(=O)N/C(C)=N/C=C(\C)C=O. The standard InChI is InChI=1S/C9H14N2O3/c1-4-14-9(13)11-8(3)10-5-7(2)6-12/h5-6H,4H2,1-3H3,(H,10,11,13)/b7-5+. The Balaban J connectivity index is 4.13. The zero-order chi connectivity index (χ0) is 11.0. The largest absolute Gasteiger partial charge is 0.450 e. The second-order valence-corrected chi connectivity index (χ2v) is 2.55. The van der Waals surface area contributed by atoms with Gasteiger partial charge < -0.3 is 4.74 Å². The van der Waals surface area contributed by atoms with Gasteiger partial charge in [-0.05, 0) is 20.8 Å². The van der Waals surface area contributed by atoms with Crippen molar-refractivity contribution in [3.63, 3.8) is 0 Å². The predicted molar refractivity (Wildman–Crippen MR) is 53.1 cm³/mol. The molecule has 0 saturated heterocycles. The van der Waals surface area contributed by atoms with Crippen LogP contribution >= 0.6 is 0 Å². The first kappa shape index (κ1) is 12.3. The van der Waals surface area contributed by atoms with E-state index in [1.165, 1.54) is 6.20 Å². The summed E-state index contributed by atoms with van der Waals surface area (Å²) in [4.78, 5) is 24.9. The van der Waals surface area contributed by atoms with Gasteiger partial charge in [-0.15, -0.1) is 0 Å². The van der Waals surface area contributed by atoms with Gasteiger partial charge in [-0.25, -0.2) is 9.79 Å². The van der Waals surface area contributed by atoms with Crippen LogP contribution in [0.5, 0.6) is 0 Å². The number of aliphatic imine (C=N–C) groups is 1. The monoisotopic (exact) mass is 198 g/mol. The van der Waals surface area contributed by atoms with E-state index in [0.717, 1.165) is 0 Å². The smallest absolute Gasteiger partial charge is 0.412 e. The minimum atomic E-state index is -0.550. The van der Waals surface area contributed by atoms with Crippen molar-refractivity contribution in [3.8, 4) is 0 Å². The number of carbonyl (C=O) groups is 2. The fourth-order valence-corrected chi connectivity index (χ4v) is 0.576. The minimum Gasteiger partial charge on any atom is -0.450 e. The lowest BCUT2D eigenvalue weighted by molar-refractivity contribution is -0.104. The maximum atomic E-state index is 10.9. The van der Waals surface area contributed by atoms with Crippen molar-refractivity contribution in [2.45, 2.75) is 20.8 Å². The van der Waals surface area contributed by atoms with Crippen LogP contribution < -0.4 is 5.32 Å². The van der Waals surface area contributed by atoms with Crippen molar-refractivity contribution in [1.82, 2.24) is 5.32 Å². The molecule has 0 aromatic carbocycles. The molecule has 0 aromatic rings. The molecular weight excluding hydrogens is 184 g/mol. The Hall–Kier alpha value is -1.65. The average Bonchev–Trinajstić information content (AvgIpc) is 2.14. The van der Waals surface area contributed by atoms with Crippen LogP contribution in [0, 0.1) is 0 Å². The molecule has 0 spiro atoms. The Morgan fingerprint density at radius 2 is 2.14 bits per heavy atom. The lowest BCUT2D eigenvalue weighted by Gasteiger charge is -2.02. The quantitative estimate of drug-likeness (QED) is 0.321. The van der Waals surface area contributed by atoms with E-state index in [4.69, 9.17) is 0 Å². The molecule has 0 saturated carbocycles. The highest BCUT2D eigenvalue weighted by Gasteiger charge is 1.99. The molecule has 0 aliphatic heterocycles. The van der Waals surface area contributed by atoms with Crippen LogP contribution in [0.1, 0.15) is 20.8 Å². The second-order valence-electron chi connectivity index (χ2n) is 2.55. The lowest BCUT2D eigenvalue weighted by atomic mass is 10.4. The molecule has 0 heterocycles. The van der Waals surface area contributed by atoms with Crippen molar-refractivity contribution in [2.24, 2.45) is 4.99 Å². The predicted octanol–water partition coefficient (Wildman–Crippen LogP) is 1.25. The normalized spacial score (nSPS) is 12.2. The van der Waals surface area contributed by atoms with Crippen molar-refractivity contribution < 1.29 is 14.3 Å². The summed E-state index contributed by atoms with van der Waals surface area (Å²) < 4.78 is 4.62. The van der Waals surface area contributed by atoms with E-state index in [1.54, 1.807) is 20.8 Å². The summed E-state index contributed by atoms with van der Waals surface area (Å²) in [5, 5.41) is 2.39. The number of amides is 1. The minimum absolute atomic E-state index is 0.308. The van der Waals surface area contributed by atoms with Crippen LogP contribution in [-0.2, 0) is 9.53 Å². The molecular formula is C9H14N2O3. The summed E-state index contributed by atoms with van der Waals surface area (Å²) in [6, 6.07) is 0. The number of carbonyl (C=O) groups excluding carboxylic acids is 2. The number of hydrogen-bond donors (Lipinski definition) is 1. The topological polar surface area (TPSA) is 67.8 Å². The van der Waals surface area contributed by atoms with Gasteiger partial charge in [0.1, 0.15) is 12.1 Å². The highest BCUT2D eigenvalue weighted by Crippen LogP contribution is 1.87. The third kappa shape index (κ3) is 5.93. The number of amidine groups is 1. The molecule has 1 amide bonds. The average molecular weight is 198 g/mol. The van der Waals surface area contributed by atoms with Gasteiger partial charge in [0, 0.05) is 11.8 Å². The van der Waals surface area contributed by atoms with E-state index < -0.39 is 6.09 Å². The van der Waals surface area contributed by atoms with Crippen molar-refractivity contribution in [1.29, 1.82) is 0 Å². The van der Waals surface area contributed by atoms with E-state index in [9.17, 15) is 9.59 Å². The molecule has 1 N–H and O–H groups in total. The summed E-state index contributed by atoms with van der Waals surface area (Å²) in [5.74, 6) is 0.379. The molecule has 0 aromatic heterocycles. The Bertz CT molecular complexity index is 269. The van der Waals surface area contributed by atoms with Crippen LogP contribution in [0.25, 0.3) is 0 Å². The molecule has 0 aliphatic carbocycles. The molecule has 0 aliphatic rings. The van der Waals surface area contributed by atoms with Gasteiger partial charge in [0.15, 0.2) is 0 Å². The van der Waals surface area contributed by atoms with Crippen LogP contribution in [0.4, 0.5) is 4.79 Å². The van der Waals surface area contributed by atoms with E-state index in [-0.39, 0.29) is 0 Å². The fourth-order valence-electron chi connectivity index (χ4n) is 0.576. The number of hydrogen-bond acceptors (Lipinski definition) is 4. The first-order valence-corrected chi connectivity index (χ1v) is 4.20. The van der Waals surface area contributed by atoms with Gasteiger partial charge in [0.05, 0.1) is 6.61 Å². The number of rotatable bonds is 3. The highest BCUT2D eigenvalue weighted by atomic mass is 16.5. The highest BCUT2D eigenvalue weighted by molar-refractivity contribution is 5.94. The first-order valence-electron chi connectivity index (χ1n) is 4.20. The van der Waals surface area contributed by atoms with Gasteiger partial charge in [-0.3, -0.25) is 10.1 Å². The first-order chi connectivity index (χ1) is 6.60. The van der Waals surface area contributed by atoms with Crippen LogP contribution in [0.3, 0.4) is 0 Å². The summed E-state index contributed by atoms with van der Waals surface area (Å²) >= 11 is 0. The second kappa shape index (κ2) is 6.82. The van der Waals surface area contributed by atoms with Gasteiger partial charge in [0.2, 0.25) is 0 Å². The number of allylic oxidation sites excluding steroid dienone is 1. The summed E-state index contributed by atoms with van der Waals surface area (Å²) in [6.45, 7) is 5.24. The van der Waals surface area contributed by atoms with Gasteiger partial charge >= 0.3 is 6.09 Å². The summed E-state index contributed by atoms with van der Waals surface area (Å²) in [7, 11) is 0. The summed E-state index contributed by atoms with van der Waals surface area (Å²) in [6.07, 6.45) is 1.50. The zero-order valence-corrected chi connectivity index (χ0v) is 8.53. The molecule has 0 fully saturated rings. The molecule has 0 radical (unpaired) electrons. The van der Waals surface area contributed by atoms with Crippen LogP contribution in [0.2, 0.25) is 0 Å². The van der Waals surface area contributed by atoms with Crippen LogP contribution in [-0.4, -0.2) is 24.8 Å². The van der Waals surface area contributed by atoms with E-state index >= 15 is 0 Å². The van der Waals surface area contributed by atoms with E-state index in [0.29, 0.717) is 24.3 Å². The molecule has 0 bridgehead atoms. The van der Waals surface area contributed by atoms with E-state index in [2.05, 4.69) is 15.0 Å². The Morgan fingerprint density at radius 3 is 2.64 bits per heavy atom. The number of ether oxygens (including phenoxy) is 1. The maximum Gasteiger partial charge on any atom is 0.412 e. The molecule has 5 nitrogen and oxygen atoms in total. The van der Waals surface area contributed by atoms with Crippen molar-refractivity contribution >= 4 is 18.2 Å². The van der Waals surface area contributed by atoms with Crippen molar-refractivity contribution in [2.75, 3.05) is 6.61 Å². The van der Waals surface area contributed by atoms with Gasteiger partial charge in [-0.1, -0.05) is 0 Å². The fraction of sp³-hybridized carbons (Fsp3) is 0.444. The Kier molecular flexibility index (Phi) is 6.02. The van der Waals surface area contributed by atoms with Gasteiger partial charge in [-0.2, -0.15) is 0 Å². The third-order valence-electron chi connectivity index (χ3n) is 1.21. The Morgan fingerprint density at radius 1 is 1.50 bits per heavy atom. The lowest BCUT2D eigenvalue weighted by Crippen LogP contribution is -2.28. The maximum absolute atomic E-state index is 10.9. The third-order valence-corrected chi connectivity index (χ3v) is 1.21. The molecule has 0 unspecified atom stereocenters. The molecule has 14 heavy (non-hydrogen) atoms. The zero-order valence-electron chi connectivity index (χ0n) is 8.53. The number of nitrogens with zero attached hydrogens (tertiary/aromatic N) is 1. The number of aldehydes is 1. The number of nitrogens with one attached hydrogen (secondary N) is 1. The van der Waals surface area contributed by atoms with Crippen molar-refractivity contribution in [3.05, 3.63) is 11.8 Å².